The number of fused-ring (bicyclic) bond motifs is 1. The van der Waals surface area contributed by atoms with E-state index in [1.807, 2.05) is 0 Å². The number of carbonyl (C=O) groups is 2. The SMILES string of the molecule is O=C(c1cnccn1)N1CC2CCN(c3cncnc3)C(=O)C2C1. The maximum atomic E-state index is 12.8. The molecule has 2 aromatic heterocycles. The van der Waals surface area contributed by atoms with Crippen LogP contribution in [0.3, 0.4) is 0 Å². The Bertz CT molecular complexity index is 754. The van der Waals surface area contributed by atoms with E-state index >= 15 is 0 Å². The van der Waals surface area contributed by atoms with Gasteiger partial charge >= 0.3 is 0 Å². The molecular weight excluding hydrogens is 308 g/mol. The number of piperidine rings is 1. The first-order valence-electron chi connectivity index (χ1n) is 7.85. The van der Waals surface area contributed by atoms with Gasteiger partial charge < -0.3 is 9.80 Å². The van der Waals surface area contributed by atoms with E-state index in [0.29, 0.717) is 31.0 Å². The second kappa shape index (κ2) is 5.95. The molecule has 2 atom stereocenters. The molecule has 2 aromatic rings. The topological polar surface area (TPSA) is 92.2 Å². The van der Waals surface area contributed by atoms with Crippen molar-refractivity contribution in [2.75, 3.05) is 24.5 Å². The predicted molar refractivity (Wildman–Crippen MR) is 83.9 cm³/mol. The molecule has 0 aromatic carbocycles. The van der Waals surface area contributed by atoms with Gasteiger partial charge in [-0.1, -0.05) is 0 Å². The van der Waals surface area contributed by atoms with Crippen LogP contribution in [-0.2, 0) is 4.79 Å². The maximum absolute atomic E-state index is 12.8. The van der Waals surface area contributed by atoms with Crippen LogP contribution in [0.5, 0.6) is 0 Å². The molecule has 2 aliphatic heterocycles. The molecule has 0 spiro atoms. The van der Waals surface area contributed by atoms with E-state index in [1.54, 1.807) is 22.2 Å². The first-order valence-corrected chi connectivity index (χ1v) is 7.85. The van der Waals surface area contributed by atoms with Gasteiger partial charge in [0.2, 0.25) is 5.91 Å². The molecule has 2 amide bonds. The van der Waals surface area contributed by atoms with Gasteiger partial charge in [0, 0.05) is 32.0 Å². The van der Waals surface area contributed by atoms with Crippen molar-refractivity contribution in [3.63, 3.8) is 0 Å². The monoisotopic (exact) mass is 324 g/mol. The van der Waals surface area contributed by atoms with E-state index in [4.69, 9.17) is 0 Å². The van der Waals surface area contributed by atoms with E-state index in [9.17, 15) is 9.59 Å². The second-order valence-corrected chi connectivity index (χ2v) is 6.04. The molecule has 8 heteroatoms. The number of anilines is 1. The highest BCUT2D eigenvalue weighted by Gasteiger charge is 2.44. The van der Waals surface area contributed by atoms with Crippen molar-refractivity contribution in [1.29, 1.82) is 0 Å². The molecule has 122 valence electrons. The van der Waals surface area contributed by atoms with Gasteiger partial charge in [-0.05, 0) is 12.3 Å². The molecule has 2 aliphatic rings. The summed E-state index contributed by atoms with van der Waals surface area (Å²) in [6.45, 7) is 1.63. The summed E-state index contributed by atoms with van der Waals surface area (Å²) in [5.74, 6) is -0.117. The van der Waals surface area contributed by atoms with Gasteiger partial charge in [0.15, 0.2) is 0 Å². The van der Waals surface area contributed by atoms with Gasteiger partial charge in [-0.15, -0.1) is 0 Å². The molecule has 0 radical (unpaired) electrons. The molecular formula is C16H16N6O2. The van der Waals surface area contributed by atoms with Crippen molar-refractivity contribution >= 4 is 17.5 Å². The Morgan fingerprint density at radius 1 is 1.08 bits per heavy atom. The summed E-state index contributed by atoms with van der Waals surface area (Å²) in [4.78, 5) is 44.7. The van der Waals surface area contributed by atoms with Crippen LogP contribution in [0.25, 0.3) is 0 Å². The third-order valence-electron chi connectivity index (χ3n) is 4.68. The summed E-state index contributed by atoms with van der Waals surface area (Å²) in [5.41, 5.74) is 1.02. The molecule has 2 saturated heterocycles. The van der Waals surface area contributed by atoms with E-state index in [1.165, 1.54) is 24.9 Å². The number of nitrogens with zero attached hydrogens (tertiary/aromatic N) is 6. The zero-order valence-corrected chi connectivity index (χ0v) is 12.9. The number of amides is 2. The van der Waals surface area contributed by atoms with Crippen LogP contribution in [0.15, 0.2) is 37.3 Å². The Kier molecular flexibility index (Phi) is 3.64. The summed E-state index contributed by atoms with van der Waals surface area (Å²) in [6, 6.07) is 0. The Morgan fingerprint density at radius 2 is 1.92 bits per heavy atom. The number of carbonyl (C=O) groups excluding carboxylic acids is 2. The summed E-state index contributed by atoms with van der Waals surface area (Å²) in [7, 11) is 0. The lowest BCUT2D eigenvalue weighted by Gasteiger charge is -2.33. The van der Waals surface area contributed by atoms with Crippen LogP contribution in [0.4, 0.5) is 5.69 Å². The third kappa shape index (κ3) is 2.49. The van der Waals surface area contributed by atoms with Gasteiger partial charge in [-0.3, -0.25) is 14.6 Å². The standard InChI is InChI=1S/C16H16N6O2/c23-15-13-9-21(16(24)14-7-17-2-3-20-14)8-11(13)1-4-22(15)12-5-18-10-19-6-12/h2-3,5-7,10-11,13H,1,4,8-9H2. The summed E-state index contributed by atoms with van der Waals surface area (Å²) >= 11 is 0. The van der Waals surface area contributed by atoms with Crippen molar-refractivity contribution in [1.82, 2.24) is 24.8 Å². The molecule has 4 heterocycles. The lowest BCUT2D eigenvalue weighted by molar-refractivity contribution is -0.124. The largest absolute Gasteiger partial charge is 0.336 e. The molecule has 24 heavy (non-hydrogen) atoms. The Morgan fingerprint density at radius 3 is 2.67 bits per heavy atom. The zero-order valence-electron chi connectivity index (χ0n) is 12.9. The lowest BCUT2D eigenvalue weighted by atomic mass is 9.88. The van der Waals surface area contributed by atoms with E-state index < -0.39 is 0 Å². The van der Waals surface area contributed by atoms with E-state index in [0.717, 1.165) is 6.42 Å². The predicted octanol–water partition coefficient (Wildman–Crippen LogP) is 0.392. The molecule has 2 unspecified atom stereocenters. The highest BCUT2D eigenvalue weighted by atomic mass is 16.2. The first kappa shape index (κ1) is 14.7. The fourth-order valence-electron chi connectivity index (χ4n) is 3.47. The van der Waals surface area contributed by atoms with Crippen LogP contribution < -0.4 is 4.90 Å². The highest BCUT2D eigenvalue weighted by Crippen LogP contribution is 2.34. The third-order valence-corrected chi connectivity index (χ3v) is 4.68. The average Bonchev–Trinajstić information content (AvgIpc) is 3.08. The quantitative estimate of drug-likeness (QED) is 0.793. The van der Waals surface area contributed by atoms with Crippen molar-refractivity contribution in [3.05, 3.63) is 43.0 Å². The van der Waals surface area contributed by atoms with Crippen LogP contribution in [0, 0.1) is 11.8 Å². The van der Waals surface area contributed by atoms with Gasteiger partial charge in [0.05, 0.1) is 30.2 Å². The summed E-state index contributed by atoms with van der Waals surface area (Å²) in [6.07, 6.45) is 10.1. The second-order valence-electron chi connectivity index (χ2n) is 6.04. The van der Waals surface area contributed by atoms with Crippen molar-refractivity contribution < 1.29 is 9.59 Å². The minimum atomic E-state index is -0.181. The average molecular weight is 324 g/mol. The Hall–Kier alpha value is -2.90. The molecule has 0 saturated carbocycles. The van der Waals surface area contributed by atoms with Crippen molar-refractivity contribution in [2.45, 2.75) is 6.42 Å². The molecule has 8 nitrogen and oxygen atoms in total. The van der Waals surface area contributed by atoms with E-state index in [-0.39, 0.29) is 23.7 Å². The minimum Gasteiger partial charge on any atom is -0.336 e. The Labute approximate surface area is 138 Å². The molecule has 0 N–H and O–H groups in total. The molecule has 2 fully saturated rings. The smallest absolute Gasteiger partial charge is 0.274 e. The number of likely N-dealkylation sites (tertiary alicyclic amines) is 1. The fourth-order valence-corrected chi connectivity index (χ4v) is 3.47. The number of hydrogen-bond donors (Lipinski definition) is 0. The van der Waals surface area contributed by atoms with Gasteiger partial charge in [0.1, 0.15) is 12.0 Å². The first-order chi connectivity index (χ1) is 11.7. The van der Waals surface area contributed by atoms with Crippen LogP contribution >= 0.6 is 0 Å². The molecule has 0 bridgehead atoms. The van der Waals surface area contributed by atoms with Crippen molar-refractivity contribution in [3.8, 4) is 0 Å². The zero-order chi connectivity index (χ0) is 16.5. The summed E-state index contributed by atoms with van der Waals surface area (Å²) < 4.78 is 0. The molecule has 4 rings (SSSR count). The highest BCUT2D eigenvalue weighted by molar-refractivity contribution is 5.98. The lowest BCUT2D eigenvalue weighted by Crippen LogP contribution is -2.45. The molecule has 0 aliphatic carbocycles. The van der Waals surface area contributed by atoms with Crippen LogP contribution in [-0.4, -0.2) is 56.3 Å². The minimum absolute atomic E-state index is 0.0375. The fraction of sp³-hybridized carbons (Fsp3) is 0.375. The van der Waals surface area contributed by atoms with Crippen LogP contribution in [0.1, 0.15) is 16.9 Å². The van der Waals surface area contributed by atoms with E-state index in [2.05, 4.69) is 19.9 Å². The summed E-state index contributed by atoms with van der Waals surface area (Å²) in [5, 5.41) is 0. The number of hydrogen-bond acceptors (Lipinski definition) is 6. The number of aromatic nitrogens is 4. The van der Waals surface area contributed by atoms with Crippen LogP contribution in [0.2, 0.25) is 0 Å². The number of rotatable bonds is 2. The van der Waals surface area contributed by atoms with Gasteiger partial charge in [-0.2, -0.15) is 0 Å². The van der Waals surface area contributed by atoms with Gasteiger partial charge in [-0.25, -0.2) is 15.0 Å². The van der Waals surface area contributed by atoms with Crippen molar-refractivity contribution in [2.24, 2.45) is 11.8 Å². The van der Waals surface area contributed by atoms with Gasteiger partial charge in [0.25, 0.3) is 5.91 Å². The Balaban J connectivity index is 1.51. The maximum Gasteiger partial charge on any atom is 0.274 e. The normalized spacial score (nSPS) is 23.2.